The zero-order valence-electron chi connectivity index (χ0n) is 14.1. The number of rotatable bonds is 2. The van der Waals surface area contributed by atoms with Gasteiger partial charge in [-0.3, -0.25) is 0 Å². The summed E-state index contributed by atoms with van der Waals surface area (Å²) in [5.41, 5.74) is 1.37. The van der Waals surface area contributed by atoms with Gasteiger partial charge in [-0.15, -0.1) is 4.40 Å². The molecule has 0 amide bonds. The van der Waals surface area contributed by atoms with E-state index in [4.69, 9.17) is 4.74 Å². The molecule has 0 aromatic heterocycles. The minimum absolute atomic E-state index is 0.222. The Hall–Kier alpha value is -1.56. The molecule has 1 spiro atoms. The van der Waals surface area contributed by atoms with Crippen LogP contribution in [-0.4, -0.2) is 38.5 Å². The predicted octanol–water partition coefficient (Wildman–Crippen LogP) is 3.09. The number of sulfonamides is 1. The third-order valence-corrected chi connectivity index (χ3v) is 7.05. The molecule has 130 valence electrons. The summed E-state index contributed by atoms with van der Waals surface area (Å²) in [6, 6.07) is 7.38. The Morgan fingerprint density at radius 3 is 2.58 bits per heavy atom. The molecule has 24 heavy (non-hydrogen) atoms. The van der Waals surface area contributed by atoms with E-state index < -0.39 is 10.0 Å². The van der Waals surface area contributed by atoms with Gasteiger partial charge in [0.15, 0.2) is 0 Å². The third-order valence-electron chi connectivity index (χ3n) is 5.79. The van der Waals surface area contributed by atoms with Gasteiger partial charge < -0.3 is 9.64 Å². The number of nitrogens with zero attached hydrogens (tertiary/aromatic N) is 2. The molecule has 2 aliphatic heterocycles. The highest BCUT2D eigenvalue weighted by Crippen LogP contribution is 2.47. The Morgan fingerprint density at radius 1 is 1.17 bits per heavy atom. The summed E-state index contributed by atoms with van der Waals surface area (Å²) < 4.78 is 34.9. The topological polar surface area (TPSA) is 59.0 Å². The summed E-state index contributed by atoms with van der Waals surface area (Å²) in [5.74, 6) is 0. The maximum atomic E-state index is 12.6. The van der Waals surface area contributed by atoms with Gasteiger partial charge in [0.1, 0.15) is 6.61 Å². The van der Waals surface area contributed by atoms with E-state index in [9.17, 15) is 8.42 Å². The molecule has 2 saturated heterocycles. The summed E-state index contributed by atoms with van der Waals surface area (Å²) in [7, 11) is -3.72. The van der Waals surface area contributed by atoms with E-state index in [1.165, 1.54) is 32.1 Å². The van der Waals surface area contributed by atoms with E-state index in [0.29, 0.717) is 18.0 Å². The summed E-state index contributed by atoms with van der Waals surface area (Å²) in [6.45, 7) is 3.37. The molecule has 2 heterocycles. The minimum atomic E-state index is -3.72. The molecule has 1 aromatic rings. The number of piperidine rings is 1. The van der Waals surface area contributed by atoms with Crippen LogP contribution in [0.2, 0.25) is 0 Å². The number of ether oxygens (including phenoxy) is 1. The van der Waals surface area contributed by atoms with Gasteiger partial charge >= 0.3 is 6.02 Å². The van der Waals surface area contributed by atoms with E-state index in [1.54, 1.807) is 24.3 Å². The largest absolute Gasteiger partial charge is 0.462 e. The molecule has 1 unspecified atom stereocenters. The van der Waals surface area contributed by atoms with Gasteiger partial charge in [-0.05, 0) is 50.2 Å². The Morgan fingerprint density at radius 2 is 1.88 bits per heavy atom. The van der Waals surface area contributed by atoms with Crippen LogP contribution >= 0.6 is 0 Å². The molecule has 6 heteroatoms. The van der Waals surface area contributed by atoms with Crippen LogP contribution in [0.5, 0.6) is 0 Å². The van der Waals surface area contributed by atoms with Crippen LogP contribution in [0.4, 0.5) is 0 Å². The maximum Gasteiger partial charge on any atom is 0.303 e. The molecule has 0 N–H and O–H groups in total. The Labute approximate surface area is 143 Å². The summed E-state index contributed by atoms with van der Waals surface area (Å²) in [6.07, 6.45) is 7.36. The number of fused-ring (bicyclic) bond motifs is 1. The van der Waals surface area contributed by atoms with Crippen molar-refractivity contribution in [3.8, 4) is 0 Å². The summed E-state index contributed by atoms with van der Waals surface area (Å²) in [4.78, 5) is 2.33. The zero-order valence-corrected chi connectivity index (χ0v) is 14.9. The average Bonchev–Trinajstić information content (AvgIpc) is 3.16. The number of hydrogen-bond acceptors (Lipinski definition) is 3. The standard InChI is InChI=1S/C18H24N2O3S/c1-14-4-6-16(7-5-14)24(21,22)19-17-20-13-18(9-2-3-10-18)11-8-15(20)12-23-17/h4-7,15H,2-3,8-13H2,1H3/b19-17+. The monoisotopic (exact) mass is 348 g/mol. The lowest BCUT2D eigenvalue weighted by molar-refractivity contribution is 0.112. The number of benzene rings is 1. The molecular weight excluding hydrogens is 324 g/mol. The first-order chi connectivity index (χ1) is 11.5. The van der Waals surface area contributed by atoms with Gasteiger partial charge in [-0.2, -0.15) is 8.42 Å². The Bertz CT molecular complexity index is 749. The fraction of sp³-hybridized carbons (Fsp3) is 0.611. The summed E-state index contributed by atoms with van der Waals surface area (Å²) >= 11 is 0. The average molecular weight is 348 g/mol. The highest BCUT2D eigenvalue weighted by atomic mass is 32.2. The third kappa shape index (κ3) is 2.81. The van der Waals surface area contributed by atoms with Gasteiger partial charge in [-0.1, -0.05) is 30.5 Å². The van der Waals surface area contributed by atoms with Crippen molar-refractivity contribution in [1.29, 1.82) is 0 Å². The van der Waals surface area contributed by atoms with Crippen molar-refractivity contribution in [2.24, 2.45) is 9.81 Å². The lowest BCUT2D eigenvalue weighted by Crippen LogP contribution is -2.47. The lowest BCUT2D eigenvalue weighted by Gasteiger charge is -2.41. The van der Waals surface area contributed by atoms with Gasteiger partial charge in [-0.25, -0.2) is 0 Å². The van der Waals surface area contributed by atoms with Crippen molar-refractivity contribution in [2.75, 3.05) is 13.2 Å². The molecular formula is C18H24N2O3S. The van der Waals surface area contributed by atoms with Crippen molar-refractivity contribution < 1.29 is 13.2 Å². The van der Waals surface area contributed by atoms with Crippen molar-refractivity contribution in [3.05, 3.63) is 29.8 Å². The number of hydrogen-bond donors (Lipinski definition) is 0. The first-order valence-corrected chi connectivity index (χ1v) is 10.2. The van der Waals surface area contributed by atoms with Crippen LogP contribution in [-0.2, 0) is 14.8 Å². The van der Waals surface area contributed by atoms with E-state index in [-0.39, 0.29) is 10.9 Å². The van der Waals surface area contributed by atoms with Gasteiger partial charge in [0.05, 0.1) is 10.9 Å². The SMILES string of the molecule is Cc1ccc(S(=O)(=O)/N=C2/OCC3CCC4(CCCC4)CN23)cc1. The highest BCUT2D eigenvalue weighted by molar-refractivity contribution is 7.90. The quantitative estimate of drug-likeness (QED) is 0.824. The first-order valence-electron chi connectivity index (χ1n) is 8.79. The molecule has 3 aliphatic rings. The zero-order chi connectivity index (χ0) is 16.8. The molecule has 3 fully saturated rings. The number of aryl methyl sites for hydroxylation is 1. The predicted molar refractivity (Wildman–Crippen MR) is 92.4 cm³/mol. The molecule has 1 atom stereocenters. The van der Waals surface area contributed by atoms with E-state index >= 15 is 0 Å². The van der Waals surface area contributed by atoms with Crippen LogP contribution in [0.15, 0.2) is 33.6 Å². The molecule has 0 radical (unpaired) electrons. The highest BCUT2D eigenvalue weighted by Gasteiger charge is 2.46. The van der Waals surface area contributed by atoms with E-state index in [0.717, 1.165) is 18.5 Å². The van der Waals surface area contributed by atoms with E-state index in [2.05, 4.69) is 9.30 Å². The van der Waals surface area contributed by atoms with Crippen LogP contribution in [0.1, 0.15) is 44.1 Å². The van der Waals surface area contributed by atoms with Crippen LogP contribution in [0, 0.1) is 12.3 Å². The number of amidine groups is 1. The van der Waals surface area contributed by atoms with Crippen molar-refractivity contribution in [2.45, 2.75) is 56.4 Å². The normalized spacial score (nSPS) is 27.5. The minimum Gasteiger partial charge on any atom is -0.462 e. The molecule has 4 rings (SSSR count). The summed E-state index contributed by atoms with van der Waals surface area (Å²) in [5, 5.41) is 0. The fourth-order valence-electron chi connectivity index (χ4n) is 4.33. The van der Waals surface area contributed by atoms with Crippen molar-refractivity contribution in [1.82, 2.24) is 4.90 Å². The smallest absolute Gasteiger partial charge is 0.303 e. The Kier molecular flexibility index (Phi) is 3.82. The van der Waals surface area contributed by atoms with Gasteiger partial charge in [0.2, 0.25) is 0 Å². The van der Waals surface area contributed by atoms with Crippen molar-refractivity contribution in [3.63, 3.8) is 0 Å². The van der Waals surface area contributed by atoms with Gasteiger partial charge in [0.25, 0.3) is 10.0 Å². The second kappa shape index (κ2) is 5.76. The molecule has 1 aliphatic carbocycles. The second-order valence-corrected chi connectivity index (χ2v) is 9.10. The molecule has 1 aromatic carbocycles. The van der Waals surface area contributed by atoms with Crippen LogP contribution < -0.4 is 0 Å². The van der Waals surface area contributed by atoms with E-state index in [1.807, 2.05) is 6.92 Å². The van der Waals surface area contributed by atoms with Gasteiger partial charge in [0, 0.05) is 6.54 Å². The lowest BCUT2D eigenvalue weighted by atomic mass is 9.77. The first kappa shape index (κ1) is 15.9. The van der Waals surface area contributed by atoms with Crippen LogP contribution in [0.3, 0.4) is 0 Å². The fourth-order valence-corrected chi connectivity index (χ4v) is 5.28. The molecule has 0 bridgehead atoms. The maximum absolute atomic E-state index is 12.6. The molecule has 1 saturated carbocycles. The van der Waals surface area contributed by atoms with Crippen LogP contribution in [0.25, 0.3) is 0 Å². The van der Waals surface area contributed by atoms with Crippen molar-refractivity contribution >= 4 is 16.0 Å². The second-order valence-electron chi connectivity index (χ2n) is 7.50. The molecule has 5 nitrogen and oxygen atoms in total. The Balaban J connectivity index is 1.61.